The smallest absolute Gasteiger partial charge is 0.227 e. The summed E-state index contributed by atoms with van der Waals surface area (Å²) in [6, 6.07) is 17.0. The fourth-order valence-corrected chi connectivity index (χ4v) is 2.62. The van der Waals surface area contributed by atoms with Crippen molar-refractivity contribution >= 4 is 11.6 Å². The van der Waals surface area contributed by atoms with E-state index in [4.69, 9.17) is 10.3 Å². The van der Waals surface area contributed by atoms with E-state index in [1.807, 2.05) is 54.6 Å². The van der Waals surface area contributed by atoms with E-state index >= 15 is 0 Å². The van der Waals surface area contributed by atoms with Crippen LogP contribution in [0.2, 0.25) is 0 Å². The maximum Gasteiger partial charge on any atom is 0.227 e. The van der Waals surface area contributed by atoms with Crippen LogP contribution in [-0.2, 0) is 4.79 Å². The molecular formula is C17H16N4O2. The first-order chi connectivity index (χ1) is 11.3. The number of hydrogen-bond donors (Lipinski definition) is 0. The maximum absolute atomic E-state index is 12.1. The molecule has 0 bridgehead atoms. The van der Waals surface area contributed by atoms with Gasteiger partial charge in [0.05, 0.1) is 0 Å². The Bertz CT molecular complexity index is 724. The molecule has 2 aromatic rings. The van der Waals surface area contributed by atoms with Crippen LogP contribution in [0.15, 0.2) is 59.7 Å². The molecular weight excluding hydrogens is 292 g/mol. The summed E-state index contributed by atoms with van der Waals surface area (Å²) in [5.74, 6) is 1.63. The van der Waals surface area contributed by atoms with Crippen LogP contribution < -0.4 is 9.64 Å². The van der Waals surface area contributed by atoms with Gasteiger partial charge in [-0.15, -0.1) is 0 Å². The summed E-state index contributed by atoms with van der Waals surface area (Å²) in [5.41, 5.74) is 9.21. The van der Waals surface area contributed by atoms with E-state index < -0.39 is 0 Å². The second-order valence-electron chi connectivity index (χ2n) is 5.40. The van der Waals surface area contributed by atoms with E-state index in [1.54, 1.807) is 4.90 Å². The third-order valence-electron chi connectivity index (χ3n) is 3.74. The first-order valence-electron chi connectivity index (χ1n) is 7.40. The molecule has 0 N–H and O–H groups in total. The molecule has 1 fully saturated rings. The highest BCUT2D eigenvalue weighted by molar-refractivity contribution is 5.95. The van der Waals surface area contributed by atoms with Crippen molar-refractivity contribution in [3.63, 3.8) is 0 Å². The number of azide groups is 1. The largest absolute Gasteiger partial charge is 0.457 e. The van der Waals surface area contributed by atoms with Crippen LogP contribution in [0.3, 0.4) is 0 Å². The normalized spacial score (nSPS) is 17.0. The van der Waals surface area contributed by atoms with Gasteiger partial charge in [0.2, 0.25) is 5.91 Å². The van der Waals surface area contributed by atoms with E-state index in [1.165, 1.54) is 0 Å². The lowest BCUT2D eigenvalue weighted by Gasteiger charge is -2.17. The van der Waals surface area contributed by atoms with Gasteiger partial charge in [-0.25, -0.2) is 0 Å². The Hall–Kier alpha value is -2.98. The number of amides is 1. The van der Waals surface area contributed by atoms with E-state index in [9.17, 15) is 4.79 Å². The minimum atomic E-state index is 0.0554. The van der Waals surface area contributed by atoms with Gasteiger partial charge in [-0.1, -0.05) is 23.3 Å². The van der Waals surface area contributed by atoms with Crippen molar-refractivity contribution in [2.45, 2.75) is 6.42 Å². The van der Waals surface area contributed by atoms with Crippen LogP contribution >= 0.6 is 0 Å². The summed E-state index contributed by atoms with van der Waals surface area (Å²) in [4.78, 5) is 16.6. The second-order valence-corrected chi connectivity index (χ2v) is 5.40. The topological polar surface area (TPSA) is 78.3 Å². The van der Waals surface area contributed by atoms with Gasteiger partial charge in [0.25, 0.3) is 0 Å². The molecule has 0 saturated carbocycles. The number of nitrogens with zero attached hydrogens (tertiary/aromatic N) is 4. The average molecular weight is 308 g/mol. The molecule has 6 heteroatoms. The predicted octanol–water partition coefficient (Wildman–Crippen LogP) is 4.14. The number of benzene rings is 2. The zero-order chi connectivity index (χ0) is 16.1. The molecule has 0 radical (unpaired) electrons. The minimum absolute atomic E-state index is 0.0554. The molecule has 116 valence electrons. The molecule has 1 saturated heterocycles. The molecule has 0 spiro atoms. The quantitative estimate of drug-likeness (QED) is 0.472. The maximum atomic E-state index is 12.1. The molecule has 23 heavy (non-hydrogen) atoms. The Kier molecular flexibility index (Phi) is 4.45. The van der Waals surface area contributed by atoms with Gasteiger partial charge in [-0.05, 0) is 47.8 Å². The highest BCUT2D eigenvalue weighted by Crippen LogP contribution is 2.28. The van der Waals surface area contributed by atoms with Gasteiger partial charge < -0.3 is 9.64 Å². The summed E-state index contributed by atoms with van der Waals surface area (Å²) in [6.07, 6.45) is 0.418. The van der Waals surface area contributed by atoms with Gasteiger partial charge in [0, 0.05) is 30.1 Å². The Morgan fingerprint density at radius 2 is 1.83 bits per heavy atom. The molecule has 1 atom stereocenters. The second kappa shape index (κ2) is 6.85. The summed E-state index contributed by atoms with van der Waals surface area (Å²) in [7, 11) is 0. The van der Waals surface area contributed by atoms with E-state index in [2.05, 4.69) is 10.0 Å². The SMILES string of the molecule is [N-]=[N+]=NCC1CC(=O)N(c2ccc(Oc3ccccc3)cc2)C1. The lowest BCUT2D eigenvalue weighted by molar-refractivity contribution is -0.117. The molecule has 0 aliphatic carbocycles. The van der Waals surface area contributed by atoms with Gasteiger partial charge in [0.15, 0.2) is 0 Å². The Balaban J connectivity index is 1.67. The number of para-hydroxylation sites is 1. The van der Waals surface area contributed by atoms with Gasteiger partial charge in [-0.2, -0.15) is 0 Å². The third kappa shape index (κ3) is 3.62. The van der Waals surface area contributed by atoms with E-state index in [0.29, 0.717) is 19.5 Å². The molecule has 2 aromatic carbocycles. The predicted molar refractivity (Wildman–Crippen MR) is 87.4 cm³/mol. The van der Waals surface area contributed by atoms with Crippen LogP contribution in [0.5, 0.6) is 11.5 Å². The standard InChI is InChI=1S/C17H16N4O2/c18-20-19-11-13-10-17(22)21(12-13)14-6-8-16(9-7-14)23-15-4-2-1-3-5-15/h1-9,13H,10-12H2. The Labute approximate surface area is 133 Å². The highest BCUT2D eigenvalue weighted by atomic mass is 16.5. The fraction of sp³-hybridized carbons (Fsp3) is 0.235. The number of carbonyl (C=O) groups is 1. The van der Waals surface area contributed by atoms with Gasteiger partial charge in [0.1, 0.15) is 11.5 Å². The summed E-state index contributed by atoms with van der Waals surface area (Å²) >= 11 is 0. The fourth-order valence-electron chi connectivity index (χ4n) is 2.62. The third-order valence-corrected chi connectivity index (χ3v) is 3.74. The number of rotatable bonds is 5. The zero-order valence-corrected chi connectivity index (χ0v) is 12.5. The van der Waals surface area contributed by atoms with Crippen LogP contribution in [-0.4, -0.2) is 19.0 Å². The summed E-state index contributed by atoms with van der Waals surface area (Å²) in [5, 5.41) is 3.56. The van der Waals surface area contributed by atoms with Crippen LogP contribution in [0, 0.1) is 5.92 Å². The molecule has 1 aliphatic rings. The lowest BCUT2D eigenvalue weighted by atomic mass is 10.1. The highest BCUT2D eigenvalue weighted by Gasteiger charge is 2.29. The average Bonchev–Trinajstić information content (AvgIpc) is 2.95. The van der Waals surface area contributed by atoms with Crippen LogP contribution in [0.25, 0.3) is 10.4 Å². The van der Waals surface area contributed by atoms with Gasteiger partial charge in [-0.3, -0.25) is 4.79 Å². The first kappa shape index (κ1) is 14.9. The number of anilines is 1. The van der Waals surface area contributed by atoms with Crippen molar-refractivity contribution in [1.29, 1.82) is 0 Å². The monoisotopic (exact) mass is 308 g/mol. The van der Waals surface area contributed by atoms with Crippen molar-refractivity contribution in [3.8, 4) is 11.5 Å². The number of hydrogen-bond acceptors (Lipinski definition) is 3. The van der Waals surface area contributed by atoms with Crippen molar-refractivity contribution in [2.75, 3.05) is 18.0 Å². The summed E-state index contributed by atoms with van der Waals surface area (Å²) in [6.45, 7) is 0.935. The van der Waals surface area contributed by atoms with Crippen molar-refractivity contribution in [2.24, 2.45) is 11.0 Å². The van der Waals surface area contributed by atoms with Crippen LogP contribution in [0.4, 0.5) is 5.69 Å². The lowest BCUT2D eigenvalue weighted by Crippen LogP contribution is -2.24. The van der Waals surface area contributed by atoms with Crippen LogP contribution in [0.1, 0.15) is 6.42 Å². The number of carbonyl (C=O) groups excluding carboxylic acids is 1. The molecule has 6 nitrogen and oxygen atoms in total. The Morgan fingerprint density at radius 3 is 2.52 bits per heavy atom. The van der Waals surface area contributed by atoms with E-state index in [-0.39, 0.29) is 11.8 Å². The molecule has 1 aliphatic heterocycles. The molecule has 1 heterocycles. The minimum Gasteiger partial charge on any atom is -0.457 e. The Morgan fingerprint density at radius 1 is 1.13 bits per heavy atom. The zero-order valence-electron chi connectivity index (χ0n) is 12.5. The first-order valence-corrected chi connectivity index (χ1v) is 7.40. The summed E-state index contributed by atoms with van der Waals surface area (Å²) < 4.78 is 5.74. The number of ether oxygens (including phenoxy) is 1. The molecule has 1 unspecified atom stereocenters. The molecule has 1 amide bonds. The van der Waals surface area contributed by atoms with Crippen molar-refractivity contribution in [3.05, 3.63) is 65.0 Å². The van der Waals surface area contributed by atoms with Crippen molar-refractivity contribution < 1.29 is 9.53 Å². The molecule has 0 aromatic heterocycles. The van der Waals surface area contributed by atoms with Gasteiger partial charge >= 0.3 is 0 Å². The van der Waals surface area contributed by atoms with E-state index in [0.717, 1.165) is 17.2 Å². The van der Waals surface area contributed by atoms with Crippen molar-refractivity contribution in [1.82, 2.24) is 0 Å². The molecule has 3 rings (SSSR count).